The summed E-state index contributed by atoms with van der Waals surface area (Å²) in [6.45, 7) is 1.13. The van der Waals surface area contributed by atoms with Crippen LogP contribution < -0.4 is 0 Å². The van der Waals surface area contributed by atoms with E-state index >= 15 is 0 Å². The smallest absolute Gasteiger partial charge is 0.185 e. The van der Waals surface area contributed by atoms with Crippen molar-refractivity contribution < 1.29 is 9.90 Å². The Hall–Kier alpha value is -1.85. The third-order valence-electron chi connectivity index (χ3n) is 3.82. The lowest BCUT2D eigenvalue weighted by molar-refractivity contribution is 0.104. The molecule has 0 fully saturated rings. The van der Waals surface area contributed by atoms with Gasteiger partial charge in [0, 0.05) is 34.8 Å². The lowest BCUT2D eigenvalue weighted by atomic mass is 10.00. The number of carbonyl (C=O) groups is 1. The molecule has 0 saturated carbocycles. The van der Waals surface area contributed by atoms with E-state index in [9.17, 15) is 9.90 Å². The Labute approximate surface area is 172 Å². The van der Waals surface area contributed by atoms with E-state index in [0.717, 1.165) is 16.7 Å². The van der Waals surface area contributed by atoms with Crippen LogP contribution in [0.25, 0.3) is 6.08 Å². The molecule has 6 heteroatoms. The topological polar surface area (TPSA) is 43.8 Å². The Bertz CT molecular complexity index is 769. The van der Waals surface area contributed by atoms with Crippen LogP contribution in [0, 0.1) is 0 Å². The van der Waals surface area contributed by atoms with Crippen molar-refractivity contribution in [2.45, 2.75) is 13.1 Å². The highest BCUT2D eigenvalue weighted by Gasteiger charge is 2.14. The SMILES string of the molecule is CN(C)Cc1cc(C(=O)/C=C/c2ccc(Cl)cc2)cc(CN(C)C)c1O.Cl. The molecule has 4 nitrogen and oxygen atoms in total. The van der Waals surface area contributed by atoms with E-state index in [4.69, 9.17) is 11.6 Å². The summed E-state index contributed by atoms with van der Waals surface area (Å²) in [5.74, 6) is 0.158. The summed E-state index contributed by atoms with van der Waals surface area (Å²) < 4.78 is 0. The maximum absolute atomic E-state index is 12.7. The molecule has 0 amide bonds. The number of hydrogen-bond donors (Lipinski definition) is 1. The average molecular weight is 409 g/mol. The molecule has 27 heavy (non-hydrogen) atoms. The van der Waals surface area contributed by atoms with E-state index in [-0.39, 0.29) is 23.9 Å². The Kier molecular flexibility index (Phi) is 9.00. The van der Waals surface area contributed by atoms with Crippen LogP contribution in [0.4, 0.5) is 0 Å². The molecule has 0 radical (unpaired) electrons. The molecule has 0 unspecified atom stereocenters. The number of nitrogens with zero attached hydrogens (tertiary/aromatic N) is 2. The van der Waals surface area contributed by atoms with Gasteiger partial charge in [-0.15, -0.1) is 12.4 Å². The Balaban J connectivity index is 0.00000364. The highest BCUT2D eigenvalue weighted by molar-refractivity contribution is 6.30. The lowest BCUT2D eigenvalue weighted by Crippen LogP contribution is -2.15. The summed E-state index contributed by atoms with van der Waals surface area (Å²) in [4.78, 5) is 16.6. The van der Waals surface area contributed by atoms with Crippen molar-refractivity contribution in [2.24, 2.45) is 0 Å². The summed E-state index contributed by atoms with van der Waals surface area (Å²) >= 11 is 5.88. The van der Waals surface area contributed by atoms with Crippen molar-refractivity contribution in [1.29, 1.82) is 0 Å². The number of ketones is 1. The predicted molar refractivity (Wildman–Crippen MR) is 115 cm³/mol. The fourth-order valence-corrected chi connectivity index (χ4v) is 2.79. The fourth-order valence-electron chi connectivity index (χ4n) is 2.67. The molecular formula is C21H26Cl2N2O2. The Morgan fingerprint density at radius 2 is 1.48 bits per heavy atom. The second-order valence-corrected chi connectivity index (χ2v) is 7.30. The van der Waals surface area contributed by atoms with Crippen molar-refractivity contribution in [2.75, 3.05) is 28.2 Å². The highest BCUT2D eigenvalue weighted by Crippen LogP contribution is 2.27. The van der Waals surface area contributed by atoms with Gasteiger partial charge in [-0.05, 0) is 64.1 Å². The van der Waals surface area contributed by atoms with Crippen LogP contribution in [0.5, 0.6) is 5.75 Å². The molecule has 2 rings (SSSR count). The van der Waals surface area contributed by atoms with Crippen LogP contribution in [-0.2, 0) is 13.1 Å². The predicted octanol–water partition coefficient (Wildman–Crippen LogP) is 4.49. The zero-order valence-corrected chi connectivity index (χ0v) is 17.6. The van der Waals surface area contributed by atoms with Gasteiger partial charge in [0.25, 0.3) is 0 Å². The van der Waals surface area contributed by atoms with Gasteiger partial charge < -0.3 is 14.9 Å². The molecule has 2 aromatic carbocycles. The minimum atomic E-state index is -0.0973. The maximum Gasteiger partial charge on any atom is 0.185 e. The molecule has 0 aliphatic carbocycles. The van der Waals surface area contributed by atoms with Gasteiger partial charge >= 0.3 is 0 Å². The van der Waals surface area contributed by atoms with Crippen LogP contribution in [-0.4, -0.2) is 48.9 Å². The first kappa shape index (κ1) is 23.2. The van der Waals surface area contributed by atoms with Crippen LogP contribution in [0.15, 0.2) is 42.5 Å². The first-order valence-electron chi connectivity index (χ1n) is 8.38. The van der Waals surface area contributed by atoms with Gasteiger partial charge in [-0.3, -0.25) is 4.79 Å². The Morgan fingerprint density at radius 3 is 1.93 bits per heavy atom. The molecule has 2 aromatic rings. The van der Waals surface area contributed by atoms with Crippen LogP contribution in [0.2, 0.25) is 5.02 Å². The van der Waals surface area contributed by atoms with E-state index < -0.39 is 0 Å². The second-order valence-electron chi connectivity index (χ2n) is 6.87. The van der Waals surface area contributed by atoms with Gasteiger partial charge in [0.1, 0.15) is 5.75 Å². The third kappa shape index (κ3) is 7.00. The number of aromatic hydroxyl groups is 1. The van der Waals surface area contributed by atoms with E-state index in [1.165, 1.54) is 0 Å². The molecule has 1 N–H and O–H groups in total. The average Bonchev–Trinajstić information content (AvgIpc) is 2.56. The van der Waals surface area contributed by atoms with Crippen molar-refractivity contribution in [3.8, 4) is 5.75 Å². The van der Waals surface area contributed by atoms with Gasteiger partial charge in [0.15, 0.2) is 5.78 Å². The highest BCUT2D eigenvalue weighted by atomic mass is 35.5. The first-order chi connectivity index (χ1) is 12.3. The second kappa shape index (κ2) is 10.5. The van der Waals surface area contributed by atoms with E-state index in [1.807, 2.05) is 50.1 Å². The van der Waals surface area contributed by atoms with Crippen molar-refractivity contribution in [1.82, 2.24) is 9.80 Å². The van der Waals surface area contributed by atoms with Crippen LogP contribution >= 0.6 is 24.0 Å². The number of carbonyl (C=O) groups excluding carboxylic acids is 1. The van der Waals surface area contributed by atoms with Gasteiger partial charge in [-0.1, -0.05) is 29.8 Å². The summed E-state index contributed by atoms with van der Waals surface area (Å²) in [7, 11) is 7.72. The molecule has 0 saturated heterocycles. The number of rotatable bonds is 7. The van der Waals surface area contributed by atoms with Gasteiger partial charge in [-0.25, -0.2) is 0 Å². The molecule has 0 aliphatic rings. The molecule has 0 bridgehead atoms. The maximum atomic E-state index is 12.7. The first-order valence-corrected chi connectivity index (χ1v) is 8.76. The van der Waals surface area contributed by atoms with Crippen LogP contribution in [0.1, 0.15) is 27.0 Å². The molecule has 0 heterocycles. The van der Waals surface area contributed by atoms with E-state index in [1.54, 1.807) is 36.4 Å². The zero-order valence-electron chi connectivity index (χ0n) is 16.1. The third-order valence-corrected chi connectivity index (χ3v) is 4.07. The Morgan fingerprint density at radius 1 is 1.00 bits per heavy atom. The quantitative estimate of drug-likeness (QED) is 0.541. The molecule has 0 aliphatic heterocycles. The molecule has 0 atom stereocenters. The summed E-state index contributed by atoms with van der Waals surface area (Å²) in [6.07, 6.45) is 3.32. The summed E-state index contributed by atoms with van der Waals surface area (Å²) in [5.41, 5.74) is 2.97. The van der Waals surface area contributed by atoms with Crippen LogP contribution in [0.3, 0.4) is 0 Å². The van der Waals surface area contributed by atoms with E-state index in [2.05, 4.69) is 0 Å². The number of halogens is 2. The van der Waals surface area contributed by atoms with Crippen molar-refractivity contribution in [3.05, 3.63) is 69.8 Å². The number of benzene rings is 2. The standard InChI is InChI=1S/C21H25ClN2O2.ClH/c1-23(2)13-17-11-16(12-18(21(17)26)14-24(3)4)20(25)10-7-15-5-8-19(22)9-6-15;/h5-12,26H,13-14H2,1-4H3;1H/b10-7+;. The number of phenols is 1. The fraction of sp³-hybridized carbons (Fsp3) is 0.286. The summed E-state index contributed by atoms with van der Waals surface area (Å²) in [5, 5.41) is 11.2. The molecule has 0 spiro atoms. The largest absolute Gasteiger partial charge is 0.507 e. The number of phenolic OH excluding ortho intramolecular Hbond substituents is 1. The van der Waals surface area contributed by atoms with Gasteiger partial charge in [0.05, 0.1) is 0 Å². The minimum absolute atomic E-state index is 0. The van der Waals surface area contributed by atoms with Crippen molar-refractivity contribution in [3.63, 3.8) is 0 Å². The summed E-state index contributed by atoms with van der Waals surface area (Å²) in [6, 6.07) is 10.8. The normalized spacial score (nSPS) is 11.2. The van der Waals surface area contributed by atoms with Gasteiger partial charge in [0.2, 0.25) is 0 Å². The van der Waals surface area contributed by atoms with Gasteiger partial charge in [-0.2, -0.15) is 0 Å². The minimum Gasteiger partial charge on any atom is -0.507 e. The molecule has 146 valence electrons. The zero-order chi connectivity index (χ0) is 19.3. The number of allylic oxidation sites excluding steroid dienone is 1. The lowest BCUT2D eigenvalue weighted by Gasteiger charge is -2.17. The monoisotopic (exact) mass is 408 g/mol. The molecular weight excluding hydrogens is 383 g/mol. The van der Waals surface area contributed by atoms with Crippen molar-refractivity contribution >= 4 is 35.9 Å². The van der Waals surface area contributed by atoms with E-state index in [0.29, 0.717) is 23.7 Å². The molecule has 0 aromatic heterocycles. The number of hydrogen-bond acceptors (Lipinski definition) is 4.